The first kappa shape index (κ1) is 12.1. The van der Waals surface area contributed by atoms with Gasteiger partial charge in [0.05, 0.1) is 5.69 Å². The lowest BCUT2D eigenvalue weighted by Gasteiger charge is -2.18. The van der Waals surface area contributed by atoms with E-state index in [1.807, 2.05) is 4.90 Å². The van der Waals surface area contributed by atoms with E-state index in [2.05, 4.69) is 0 Å². The van der Waals surface area contributed by atoms with Gasteiger partial charge in [-0.15, -0.1) is 0 Å². The second-order valence-corrected chi connectivity index (χ2v) is 4.19. The molecule has 1 aromatic rings. The Morgan fingerprint density at radius 1 is 1.22 bits per heavy atom. The van der Waals surface area contributed by atoms with Crippen LogP contribution in [0, 0.1) is 28.5 Å². The van der Waals surface area contributed by atoms with Crippen LogP contribution in [0.4, 0.5) is 10.1 Å². The van der Waals surface area contributed by atoms with Crippen LogP contribution in [0.25, 0.3) is 6.08 Å². The molecule has 18 heavy (non-hydrogen) atoms. The molecule has 1 aliphatic heterocycles. The molecule has 0 radical (unpaired) electrons. The van der Waals surface area contributed by atoms with Crippen LogP contribution in [0.1, 0.15) is 18.4 Å². The molecule has 2 rings (SSSR count). The van der Waals surface area contributed by atoms with Crippen molar-refractivity contribution in [2.75, 3.05) is 18.0 Å². The number of hydrogen-bond donors (Lipinski definition) is 0. The molecule has 0 saturated carbocycles. The van der Waals surface area contributed by atoms with Gasteiger partial charge in [0.25, 0.3) is 0 Å². The quantitative estimate of drug-likeness (QED) is 0.748. The highest BCUT2D eigenvalue weighted by Crippen LogP contribution is 2.25. The summed E-state index contributed by atoms with van der Waals surface area (Å²) in [6, 6.07) is 8.31. The summed E-state index contributed by atoms with van der Waals surface area (Å²) in [4.78, 5) is 2.01. The third kappa shape index (κ3) is 2.49. The summed E-state index contributed by atoms with van der Waals surface area (Å²) >= 11 is 0. The lowest BCUT2D eigenvalue weighted by Crippen LogP contribution is -2.18. The van der Waals surface area contributed by atoms with Crippen molar-refractivity contribution < 1.29 is 4.39 Å². The van der Waals surface area contributed by atoms with Crippen molar-refractivity contribution in [3.05, 3.63) is 35.2 Å². The van der Waals surface area contributed by atoms with Gasteiger partial charge in [-0.05, 0) is 36.6 Å². The number of nitrogens with zero attached hydrogens (tertiary/aromatic N) is 3. The molecule has 0 aromatic heterocycles. The summed E-state index contributed by atoms with van der Waals surface area (Å²) in [5, 5.41) is 17.3. The minimum Gasteiger partial charge on any atom is -0.369 e. The summed E-state index contributed by atoms with van der Waals surface area (Å²) in [7, 11) is 0. The second kappa shape index (κ2) is 5.33. The first-order chi connectivity index (χ1) is 8.74. The monoisotopic (exact) mass is 241 g/mol. The molecule has 1 heterocycles. The van der Waals surface area contributed by atoms with Gasteiger partial charge in [-0.2, -0.15) is 10.5 Å². The van der Waals surface area contributed by atoms with E-state index in [-0.39, 0.29) is 11.4 Å². The SMILES string of the molecule is N#CC(C#N)=Cc1ccc(N2CCCC2)c(F)c1. The maximum Gasteiger partial charge on any atom is 0.147 e. The number of halogens is 1. The number of hydrogen-bond acceptors (Lipinski definition) is 3. The molecular formula is C14H12FN3. The molecule has 90 valence electrons. The highest BCUT2D eigenvalue weighted by atomic mass is 19.1. The molecule has 0 atom stereocenters. The minimum absolute atomic E-state index is 0.0247. The van der Waals surface area contributed by atoms with E-state index in [4.69, 9.17) is 10.5 Å². The van der Waals surface area contributed by atoms with E-state index >= 15 is 0 Å². The predicted octanol–water partition coefficient (Wildman–Crippen LogP) is 2.86. The number of allylic oxidation sites excluding steroid dienone is 1. The fourth-order valence-electron chi connectivity index (χ4n) is 2.08. The molecule has 0 unspecified atom stereocenters. The van der Waals surface area contributed by atoms with Gasteiger partial charge in [0.2, 0.25) is 0 Å². The van der Waals surface area contributed by atoms with Gasteiger partial charge < -0.3 is 4.90 Å². The Kier molecular flexibility index (Phi) is 3.60. The lowest BCUT2D eigenvalue weighted by molar-refractivity contribution is 0.623. The van der Waals surface area contributed by atoms with E-state index in [1.165, 1.54) is 12.1 Å². The lowest BCUT2D eigenvalue weighted by atomic mass is 10.1. The summed E-state index contributed by atoms with van der Waals surface area (Å²) in [6.45, 7) is 1.77. The summed E-state index contributed by atoms with van der Waals surface area (Å²) in [5.74, 6) is -0.305. The van der Waals surface area contributed by atoms with Crippen LogP contribution in [0.3, 0.4) is 0 Å². The first-order valence-electron chi connectivity index (χ1n) is 5.81. The number of nitriles is 2. The molecule has 1 aliphatic rings. The van der Waals surface area contributed by atoms with Crippen LogP contribution in [-0.2, 0) is 0 Å². The van der Waals surface area contributed by atoms with Crippen LogP contribution in [-0.4, -0.2) is 13.1 Å². The average molecular weight is 241 g/mol. The fourth-order valence-corrected chi connectivity index (χ4v) is 2.08. The summed E-state index contributed by atoms with van der Waals surface area (Å²) < 4.78 is 13.9. The highest BCUT2D eigenvalue weighted by Gasteiger charge is 2.15. The fraction of sp³-hybridized carbons (Fsp3) is 0.286. The van der Waals surface area contributed by atoms with Crippen LogP contribution >= 0.6 is 0 Å². The molecule has 0 N–H and O–H groups in total. The maximum absolute atomic E-state index is 13.9. The van der Waals surface area contributed by atoms with E-state index in [0.29, 0.717) is 11.3 Å². The minimum atomic E-state index is -0.305. The second-order valence-electron chi connectivity index (χ2n) is 4.19. The molecule has 1 aromatic carbocycles. The molecule has 0 spiro atoms. The van der Waals surface area contributed by atoms with E-state index in [1.54, 1.807) is 24.3 Å². The topological polar surface area (TPSA) is 50.8 Å². The Morgan fingerprint density at radius 2 is 1.89 bits per heavy atom. The molecule has 4 heteroatoms. The number of benzene rings is 1. The predicted molar refractivity (Wildman–Crippen MR) is 67.1 cm³/mol. The Labute approximate surface area is 105 Å². The van der Waals surface area contributed by atoms with Crippen LogP contribution in [0.2, 0.25) is 0 Å². The van der Waals surface area contributed by atoms with Gasteiger partial charge in [0.15, 0.2) is 0 Å². The van der Waals surface area contributed by atoms with Crippen molar-refractivity contribution in [2.24, 2.45) is 0 Å². The van der Waals surface area contributed by atoms with Gasteiger partial charge in [0.1, 0.15) is 23.5 Å². The van der Waals surface area contributed by atoms with Gasteiger partial charge in [-0.3, -0.25) is 0 Å². The van der Waals surface area contributed by atoms with Crippen molar-refractivity contribution in [1.29, 1.82) is 10.5 Å². The van der Waals surface area contributed by atoms with Gasteiger partial charge in [-0.1, -0.05) is 6.07 Å². The smallest absolute Gasteiger partial charge is 0.147 e. The zero-order valence-electron chi connectivity index (χ0n) is 9.86. The van der Waals surface area contributed by atoms with Crippen LogP contribution in [0.15, 0.2) is 23.8 Å². The molecule has 1 fully saturated rings. The van der Waals surface area contributed by atoms with Crippen molar-refractivity contribution in [1.82, 2.24) is 0 Å². The molecule has 0 aliphatic carbocycles. The Balaban J connectivity index is 2.28. The van der Waals surface area contributed by atoms with Gasteiger partial charge >= 0.3 is 0 Å². The number of rotatable bonds is 2. The van der Waals surface area contributed by atoms with E-state index in [0.717, 1.165) is 25.9 Å². The Hall–Kier alpha value is -2.33. The van der Waals surface area contributed by atoms with Crippen molar-refractivity contribution in [3.63, 3.8) is 0 Å². The third-order valence-corrected chi connectivity index (χ3v) is 2.97. The third-order valence-electron chi connectivity index (χ3n) is 2.97. The average Bonchev–Trinajstić information content (AvgIpc) is 2.89. The first-order valence-corrected chi connectivity index (χ1v) is 5.81. The van der Waals surface area contributed by atoms with Crippen LogP contribution in [0.5, 0.6) is 0 Å². The summed E-state index contributed by atoms with van der Waals surface area (Å²) in [6.07, 6.45) is 3.57. The van der Waals surface area contributed by atoms with E-state index < -0.39 is 0 Å². The summed E-state index contributed by atoms with van der Waals surface area (Å²) in [5.41, 5.74) is 1.11. The largest absolute Gasteiger partial charge is 0.369 e. The van der Waals surface area contributed by atoms with Crippen molar-refractivity contribution >= 4 is 11.8 Å². The van der Waals surface area contributed by atoms with E-state index in [9.17, 15) is 4.39 Å². The highest BCUT2D eigenvalue weighted by molar-refractivity contribution is 5.64. The van der Waals surface area contributed by atoms with Crippen LogP contribution < -0.4 is 4.90 Å². The normalized spacial score (nSPS) is 13.8. The van der Waals surface area contributed by atoms with Crippen molar-refractivity contribution in [3.8, 4) is 12.1 Å². The van der Waals surface area contributed by atoms with Crippen molar-refractivity contribution in [2.45, 2.75) is 12.8 Å². The van der Waals surface area contributed by atoms with Gasteiger partial charge in [-0.25, -0.2) is 4.39 Å². The molecule has 0 bridgehead atoms. The maximum atomic E-state index is 13.9. The standard InChI is InChI=1S/C14H12FN3/c15-13-8-11(7-12(9-16)10-17)3-4-14(13)18-5-1-2-6-18/h3-4,7-8H,1-2,5-6H2. The zero-order chi connectivity index (χ0) is 13.0. The molecular weight excluding hydrogens is 229 g/mol. The zero-order valence-corrected chi connectivity index (χ0v) is 9.86. The number of anilines is 1. The Bertz CT molecular complexity index is 541. The molecule has 0 amide bonds. The van der Waals surface area contributed by atoms with Gasteiger partial charge in [0, 0.05) is 13.1 Å². The Morgan fingerprint density at radius 3 is 2.44 bits per heavy atom. The molecule has 1 saturated heterocycles. The molecule has 3 nitrogen and oxygen atoms in total.